The fraction of sp³-hybridized carbons (Fsp3) is 0.778. The van der Waals surface area contributed by atoms with Gasteiger partial charge in [0.05, 0.1) is 6.61 Å². The van der Waals surface area contributed by atoms with Crippen LogP contribution in [0.25, 0.3) is 0 Å². The van der Waals surface area contributed by atoms with E-state index in [2.05, 4.69) is 4.74 Å². The van der Waals surface area contributed by atoms with Crippen molar-refractivity contribution in [1.29, 1.82) is 0 Å². The minimum absolute atomic E-state index is 0.0860. The summed E-state index contributed by atoms with van der Waals surface area (Å²) in [6, 6.07) is 0. The molecule has 0 bridgehead atoms. The fourth-order valence-electron chi connectivity index (χ4n) is 1.56. The number of hydrogen-bond donors (Lipinski definition) is 1. The van der Waals surface area contributed by atoms with Gasteiger partial charge in [-0.25, -0.2) is 4.79 Å². The van der Waals surface area contributed by atoms with Crippen LogP contribution in [0.3, 0.4) is 0 Å². The first kappa shape index (κ1) is 10.2. The van der Waals surface area contributed by atoms with E-state index < -0.39 is 11.8 Å². The molecule has 13 heavy (non-hydrogen) atoms. The molecule has 0 unspecified atom stereocenters. The standard InChI is InChI=1S/C9H14O4/c10-5-6-13-9(12)8(11)7-3-1-2-4-7/h7,10H,1-6H2. The van der Waals surface area contributed by atoms with E-state index in [1.807, 2.05) is 0 Å². The molecular formula is C9H14O4. The first-order valence-electron chi connectivity index (χ1n) is 4.57. The Morgan fingerprint density at radius 2 is 1.92 bits per heavy atom. The predicted molar refractivity (Wildman–Crippen MR) is 45.0 cm³/mol. The van der Waals surface area contributed by atoms with Crippen LogP contribution >= 0.6 is 0 Å². The number of Topliss-reactive ketones (excluding diaryl/α,β-unsaturated/α-hetero) is 1. The summed E-state index contributed by atoms with van der Waals surface area (Å²) in [5.41, 5.74) is 0. The van der Waals surface area contributed by atoms with Gasteiger partial charge in [-0.1, -0.05) is 12.8 Å². The van der Waals surface area contributed by atoms with Gasteiger partial charge in [-0.3, -0.25) is 4.79 Å². The average molecular weight is 186 g/mol. The SMILES string of the molecule is O=C(OCCO)C(=O)C1CCCC1. The second-order valence-corrected chi connectivity index (χ2v) is 3.21. The van der Waals surface area contributed by atoms with Gasteiger partial charge in [-0.2, -0.15) is 0 Å². The summed E-state index contributed by atoms with van der Waals surface area (Å²) >= 11 is 0. The molecule has 0 saturated heterocycles. The molecule has 0 radical (unpaired) electrons. The Labute approximate surface area is 76.9 Å². The monoisotopic (exact) mass is 186 g/mol. The summed E-state index contributed by atoms with van der Waals surface area (Å²) in [5, 5.41) is 8.37. The van der Waals surface area contributed by atoms with Crippen molar-refractivity contribution in [3.63, 3.8) is 0 Å². The van der Waals surface area contributed by atoms with E-state index in [0.717, 1.165) is 25.7 Å². The van der Waals surface area contributed by atoms with Crippen LogP contribution < -0.4 is 0 Å². The van der Waals surface area contributed by atoms with Crippen molar-refractivity contribution in [2.75, 3.05) is 13.2 Å². The lowest BCUT2D eigenvalue weighted by Crippen LogP contribution is -2.25. The lowest BCUT2D eigenvalue weighted by Gasteiger charge is -2.06. The Morgan fingerprint density at radius 1 is 1.31 bits per heavy atom. The molecule has 4 heteroatoms. The molecule has 0 atom stereocenters. The van der Waals surface area contributed by atoms with Crippen molar-refractivity contribution < 1.29 is 19.4 Å². The number of esters is 1. The molecule has 0 aliphatic heterocycles. The number of rotatable bonds is 4. The molecule has 1 fully saturated rings. The second kappa shape index (κ2) is 4.97. The number of ketones is 1. The third-order valence-electron chi connectivity index (χ3n) is 2.25. The highest BCUT2D eigenvalue weighted by atomic mass is 16.5. The van der Waals surface area contributed by atoms with Gasteiger partial charge < -0.3 is 9.84 Å². The van der Waals surface area contributed by atoms with E-state index in [4.69, 9.17) is 5.11 Å². The number of carbonyl (C=O) groups excluding carboxylic acids is 2. The van der Waals surface area contributed by atoms with Gasteiger partial charge in [0, 0.05) is 5.92 Å². The maximum atomic E-state index is 11.3. The average Bonchev–Trinajstić information content (AvgIpc) is 2.65. The Kier molecular flexibility index (Phi) is 3.89. The van der Waals surface area contributed by atoms with Gasteiger partial charge >= 0.3 is 5.97 Å². The fourth-order valence-corrected chi connectivity index (χ4v) is 1.56. The zero-order chi connectivity index (χ0) is 9.68. The van der Waals surface area contributed by atoms with Gasteiger partial charge in [-0.05, 0) is 12.8 Å². The quantitative estimate of drug-likeness (QED) is 0.506. The molecule has 4 nitrogen and oxygen atoms in total. The lowest BCUT2D eigenvalue weighted by molar-refractivity contribution is -0.156. The summed E-state index contributed by atoms with van der Waals surface area (Å²) in [7, 11) is 0. The molecule has 1 aliphatic rings. The molecule has 0 aromatic rings. The largest absolute Gasteiger partial charge is 0.458 e. The molecule has 1 saturated carbocycles. The predicted octanol–water partition coefficient (Wildman–Crippen LogP) is 0.281. The van der Waals surface area contributed by atoms with Crippen LogP contribution in [0.2, 0.25) is 0 Å². The van der Waals surface area contributed by atoms with Gasteiger partial charge in [0.1, 0.15) is 6.61 Å². The Hall–Kier alpha value is -0.900. The summed E-state index contributed by atoms with van der Waals surface area (Å²) in [6.07, 6.45) is 3.63. The van der Waals surface area contributed by atoms with Crippen molar-refractivity contribution in [3.05, 3.63) is 0 Å². The molecule has 0 aromatic carbocycles. The van der Waals surface area contributed by atoms with Crippen molar-refractivity contribution in [1.82, 2.24) is 0 Å². The molecule has 0 aromatic heterocycles. The van der Waals surface area contributed by atoms with Gasteiger partial charge in [0.2, 0.25) is 5.78 Å². The molecule has 0 heterocycles. The van der Waals surface area contributed by atoms with E-state index in [9.17, 15) is 9.59 Å². The van der Waals surface area contributed by atoms with E-state index in [1.165, 1.54) is 0 Å². The first-order valence-corrected chi connectivity index (χ1v) is 4.57. The summed E-state index contributed by atoms with van der Waals surface area (Å²) < 4.78 is 4.53. The highest BCUT2D eigenvalue weighted by Gasteiger charge is 2.28. The van der Waals surface area contributed by atoms with Crippen molar-refractivity contribution in [2.45, 2.75) is 25.7 Å². The molecule has 74 valence electrons. The zero-order valence-corrected chi connectivity index (χ0v) is 7.49. The molecule has 1 aliphatic carbocycles. The molecular weight excluding hydrogens is 172 g/mol. The van der Waals surface area contributed by atoms with Crippen molar-refractivity contribution >= 4 is 11.8 Å². The third-order valence-corrected chi connectivity index (χ3v) is 2.25. The van der Waals surface area contributed by atoms with Crippen LogP contribution in [0.15, 0.2) is 0 Å². The Balaban J connectivity index is 2.32. The smallest absolute Gasteiger partial charge is 0.374 e. The highest BCUT2D eigenvalue weighted by Crippen LogP contribution is 2.25. The van der Waals surface area contributed by atoms with Crippen molar-refractivity contribution in [3.8, 4) is 0 Å². The van der Waals surface area contributed by atoms with E-state index in [0.29, 0.717) is 0 Å². The Bertz CT molecular complexity index is 194. The topological polar surface area (TPSA) is 63.6 Å². The Morgan fingerprint density at radius 3 is 2.46 bits per heavy atom. The maximum absolute atomic E-state index is 11.3. The third kappa shape index (κ3) is 2.81. The minimum Gasteiger partial charge on any atom is -0.458 e. The van der Waals surface area contributed by atoms with E-state index >= 15 is 0 Å². The van der Waals surface area contributed by atoms with Crippen molar-refractivity contribution in [2.24, 2.45) is 5.92 Å². The van der Waals surface area contributed by atoms with Crippen LogP contribution in [0.4, 0.5) is 0 Å². The van der Waals surface area contributed by atoms with E-state index in [-0.39, 0.29) is 19.1 Å². The van der Waals surface area contributed by atoms with Crippen LogP contribution in [0, 0.1) is 5.92 Å². The number of carbonyl (C=O) groups is 2. The summed E-state index contributed by atoms with van der Waals surface area (Å²) in [6.45, 7) is -0.318. The summed E-state index contributed by atoms with van der Waals surface area (Å²) in [5.74, 6) is -1.35. The number of hydrogen-bond acceptors (Lipinski definition) is 4. The molecule has 1 N–H and O–H groups in total. The molecule has 0 spiro atoms. The normalized spacial score (nSPS) is 17.3. The van der Waals surface area contributed by atoms with Crippen LogP contribution in [0.5, 0.6) is 0 Å². The lowest BCUT2D eigenvalue weighted by atomic mass is 10.0. The van der Waals surface area contributed by atoms with E-state index in [1.54, 1.807) is 0 Å². The van der Waals surface area contributed by atoms with Gasteiger partial charge in [0.25, 0.3) is 0 Å². The van der Waals surface area contributed by atoms with Crippen LogP contribution in [0.1, 0.15) is 25.7 Å². The first-order chi connectivity index (χ1) is 6.25. The number of aliphatic hydroxyl groups is 1. The van der Waals surface area contributed by atoms with Gasteiger partial charge in [0.15, 0.2) is 0 Å². The minimum atomic E-state index is -0.791. The summed E-state index contributed by atoms with van der Waals surface area (Å²) in [4.78, 5) is 22.3. The number of aliphatic hydroxyl groups excluding tert-OH is 1. The zero-order valence-electron chi connectivity index (χ0n) is 7.49. The second-order valence-electron chi connectivity index (χ2n) is 3.21. The van der Waals surface area contributed by atoms with Crippen LogP contribution in [-0.4, -0.2) is 30.1 Å². The maximum Gasteiger partial charge on any atom is 0.374 e. The van der Waals surface area contributed by atoms with Gasteiger partial charge in [-0.15, -0.1) is 0 Å². The highest BCUT2D eigenvalue weighted by molar-refractivity contribution is 6.34. The van der Waals surface area contributed by atoms with Crippen LogP contribution in [-0.2, 0) is 14.3 Å². The molecule has 0 amide bonds. The molecule has 1 rings (SSSR count). The number of ether oxygens (including phenoxy) is 1.